The van der Waals surface area contributed by atoms with Crippen LogP contribution < -0.4 is 0 Å². The van der Waals surface area contributed by atoms with Crippen LogP contribution in [-0.4, -0.2) is 68.0 Å². The van der Waals surface area contributed by atoms with Crippen molar-refractivity contribution in [3.8, 4) is 0 Å². The Balaban J connectivity index is 2.87. The summed E-state index contributed by atoms with van der Waals surface area (Å²) in [6, 6.07) is 0. The lowest BCUT2D eigenvalue weighted by atomic mass is 9.94. The molecule has 0 bridgehead atoms. The van der Waals surface area contributed by atoms with Gasteiger partial charge < -0.3 is 9.84 Å². The highest BCUT2D eigenvalue weighted by atomic mass is 32.2. The highest BCUT2D eigenvalue weighted by molar-refractivity contribution is 7.86. The molecule has 2 unspecified atom stereocenters. The molecule has 1 fully saturated rings. The molecule has 1 rings (SSSR count). The lowest BCUT2D eigenvalue weighted by Gasteiger charge is -2.36. The Morgan fingerprint density at radius 1 is 1.35 bits per heavy atom. The number of methoxy groups -OCH3 is 1. The molecule has 0 radical (unpaired) electrons. The summed E-state index contributed by atoms with van der Waals surface area (Å²) in [6.07, 6.45) is 0.989. The molecule has 20 heavy (non-hydrogen) atoms. The van der Waals surface area contributed by atoms with E-state index in [0.29, 0.717) is 13.1 Å². The van der Waals surface area contributed by atoms with Crippen LogP contribution in [0.3, 0.4) is 0 Å². The van der Waals surface area contributed by atoms with Gasteiger partial charge in [-0.15, -0.1) is 0 Å². The van der Waals surface area contributed by atoms with Gasteiger partial charge in [0.25, 0.3) is 10.2 Å². The van der Waals surface area contributed by atoms with E-state index >= 15 is 0 Å². The van der Waals surface area contributed by atoms with Crippen molar-refractivity contribution in [1.82, 2.24) is 8.61 Å². The minimum absolute atomic E-state index is 0.0460. The molecule has 2 atom stereocenters. The fourth-order valence-corrected chi connectivity index (χ4v) is 4.37. The minimum Gasteiger partial charge on any atom is -0.480 e. The summed E-state index contributed by atoms with van der Waals surface area (Å²) in [6.45, 7) is 4.58. The van der Waals surface area contributed by atoms with E-state index in [4.69, 9.17) is 9.84 Å². The van der Waals surface area contributed by atoms with Crippen molar-refractivity contribution in [3.63, 3.8) is 0 Å². The Morgan fingerprint density at radius 2 is 1.90 bits per heavy atom. The molecule has 1 saturated heterocycles. The van der Waals surface area contributed by atoms with Crippen molar-refractivity contribution in [2.45, 2.75) is 20.3 Å². The molecule has 0 aromatic rings. The minimum atomic E-state index is -3.75. The summed E-state index contributed by atoms with van der Waals surface area (Å²) >= 11 is 0. The van der Waals surface area contributed by atoms with Crippen LogP contribution in [0.5, 0.6) is 0 Å². The quantitative estimate of drug-likeness (QED) is 0.728. The normalized spacial score (nSPS) is 25.0. The van der Waals surface area contributed by atoms with Crippen LogP contribution in [0.4, 0.5) is 0 Å². The SMILES string of the molecule is COCCN(CC(=O)O)S(=O)(=O)N1CC(C)CC(C)C1. The lowest BCUT2D eigenvalue weighted by Crippen LogP contribution is -2.51. The largest absolute Gasteiger partial charge is 0.480 e. The summed E-state index contributed by atoms with van der Waals surface area (Å²) in [4.78, 5) is 10.9. The van der Waals surface area contributed by atoms with E-state index in [1.165, 1.54) is 11.4 Å². The second-order valence-corrected chi connectivity index (χ2v) is 7.42. The maximum atomic E-state index is 12.6. The number of ether oxygens (including phenoxy) is 1. The first-order valence-corrected chi connectivity index (χ1v) is 8.13. The van der Waals surface area contributed by atoms with E-state index in [9.17, 15) is 13.2 Å². The summed E-state index contributed by atoms with van der Waals surface area (Å²) in [7, 11) is -2.30. The number of aliphatic carboxylic acids is 1. The molecule has 0 aliphatic carbocycles. The smallest absolute Gasteiger partial charge is 0.318 e. The van der Waals surface area contributed by atoms with Crippen molar-refractivity contribution in [2.75, 3.05) is 39.9 Å². The van der Waals surface area contributed by atoms with E-state index in [2.05, 4.69) is 0 Å². The monoisotopic (exact) mass is 308 g/mol. The van der Waals surface area contributed by atoms with Gasteiger partial charge in [0.1, 0.15) is 6.54 Å². The van der Waals surface area contributed by atoms with Gasteiger partial charge in [0, 0.05) is 26.7 Å². The van der Waals surface area contributed by atoms with Gasteiger partial charge in [-0.3, -0.25) is 4.79 Å². The Labute approximate surface area is 120 Å². The average molecular weight is 308 g/mol. The maximum absolute atomic E-state index is 12.6. The van der Waals surface area contributed by atoms with Gasteiger partial charge in [0.2, 0.25) is 0 Å². The average Bonchev–Trinajstić information content (AvgIpc) is 2.32. The summed E-state index contributed by atoms with van der Waals surface area (Å²) in [5.74, 6) is -0.604. The van der Waals surface area contributed by atoms with Crippen molar-refractivity contribution >= 4 is 16.2 Å². The zero-order valence-electron chi connectivity index (χ0n) is 12.3. The fraction of sp³-hybridized carbons (Fsp3) is 0.917. The molecule has 0 spiro atoms. The first kappa shape index (κ1) is 17.4. The van der Waals surface area contributed by atoms with E-state index in [1.807, 2.05) is 13.8 Å². The van der Waals surface area contributed by atoms with Crippen LogP contribution in [-0.2, 0) is 19.7 Å². The van der Waals surface area contributed by atoms with Crippen molar-refractivity contribution < 1.29 is 23.1 Å². The Bertz CT molecular complexity index is 416. The maximum Gasteiger partial charge on any atom is 0.318 e. The van der Waals surface area contributed by atoms with Gasteiger partial charge in [0.05, 0.1) is 6.61 Å². The van der Waals surface area contributed by atoms with Crippen LogP contribution in [0.2, 0.25) is 0 Å². The van der Waals surface area contributed by atoms with E-state index in [1.54, 1.807) is 0 Å². The second-order valence-electron chi connectivity index (χ2n) is 5.49. The van der Waals surface area contributed by atoms with E-state index in [-0.39, 0.29) is 25.0 Å². The molecule has 0 amide bonds. The number of piperidine rings is 1. The zero-order valence-corrected chi connectivity index (χ0v) is 13.1. The van der Waals surface area contributed by atoms with Crippen molar-refractivity contribution in [1.29, 1.82) is 0 Å². The molecule has 1 aliphatic rings. The summed E-state index contributed by atoms with van der Waals surface area (Å²) in [5.41, 5.74) is 0. The molecule has 1 heterocycles. The van der Waals surface area contributed by atoms with Gasteiger partial charge in [0.15, 0.2) is 0 Å². The molecule has 7 nitrogen and oxygen atoms in total. The first-order valence-electron chi connectivity index (χ1n) is 6.73. The van der Waals surface area contributed by atoms with Gasteiger partial charge in [-0.05, 0) is 18.3 Å². The number of rotatable bonds is 7. The molecule has 0 aromatic heterocycles. The predicted molar refractivity (Wildman–Crippen MR) is 74.5 cm³/mol. The van der Waals surface area contributed by atoms with Crippen LogP contribution in [0.1, 0.15) is 20.3 Å². The number of carbonyl (C=O) groups is 1. The van der Waals surface area contributed by atoms with Crippen LogP contribution in [0.25, 0.3) is 0 Å². The second kappa shape index (κ2) is 7.35. The highest BCUT2D eigenvalue weighted by Crippen LogP contribution is 2.24. The predicted octanol–water partition coefficient (Wildman–Crippen LogP) is 0.242. The molecule has 0 aromatic carbocycles. The third-order valence-corrected chi connectivity index (χ3v) is 5.26. The molecule has 8 heteroatoms. The third kappa shape index (κ3) is 4.69. The number of hydrogen-bond donors (Lipinski definition) is 1. The van der Waals surface area contributed by atoms with Crippen molar-refractivity contribution in [3.05, 3.63) is 0 Å². The number of hydrogen-bond acceptors (Lipinski definition) is 4. The van der Waals surface area contributed by atoms with Crippen molar-refractivity contribution in [2.24, 2.45) is 11.8 Å². The van der Waals surface area contributed by atoms with Gasteiger partial charge >= 0.3 is 5.97 Å². The number of nitrogens with zero attached hydrogens (tertiary/aromatic N) is 2. The molecule has 0 saturated carbocycles. The van der Waals surface area contributed by atoms with Crippen LogP contribution in [0.15, 0.2) is 0 Å². The zero-order chi connectivity index (χ0) is 15.3. The Morgan fingerprint density at radius 3 is 2.35 bits per heavy atom. The third-order valence-electron chi connectivity index (χ3n) is 3.34. The molecular formula is C12H24N2O5S. The summed E-state index contributed by atoms with van der Waals surface area (Å²) in [5, 5.41) is 8.88. The number of carboxylic acids is 1. The van der Waals surface area contributed by atoms with E-state index in [0.717, 1.165) is 10.7 Å². The molecule has 118 valence electrons. The molecule has 1 N–H and O–H groups in total. The Hall–Kier alpha value is -0.700. The van der Waals surface area contributed by atoms with Gasteiger partial charge in [-0.1, -0.05) is 13.8 Å². The van der Waals surface area contributed by atoms with Crippen LogP contribution >= 0.6 is 0 Å². The van der Waals surface area contributed by atoms with Crippen LogP contribution in [0, 0.1) is 11.8 Å². The topological polar surface area (TPSA) is 87.1 Å². The van der Waals surface area contributed by atoms with Gasteiger partial charge in [-0.2, -0.15) is 17.0 Å². The lowest BCUT2D eigenvalue weighted by molar-refractivity contribution is -0.137. The molecule has 1 aliphatic heterocycles. The fourth-order valence-electron chi connectivity index (χ4n) is 2.58. The highest BCUT2D eigenvalue weighted by Gasteiger charge is 2.35. The molecular weight excluding hydrogens is 284 g/mol. The van der Waals surface area contributed by atoms with Gasteiger partial charge in [-0.25, -0.2) is 0 Å². The Kier molecular flexibility index (Phi) is 6.38. The standard InChI is InChI=1S/C12H24N2O5S/c1-10-6-11(2)8-14(7-10)20(17,18)13(4-5-19-3)9-12(15)16/h10-11H,4-9H2,1-3H3,(H,15,16). The number of carboxylic acid groups (broad SMARTS) is 1. The summed E-state index contributed by atoms with van der Waals surface area (Å²) < 4.78 is 32.3. The first-order chi connectivity index (χ1) is 9.27. The van der Waals surface area contributed by atoms with E-state index < -0.39 is 22.7 Å².